The number of nitrogens with one attached hydrogen (secondary N) is 3. The SMILES string of the molecule is Cc1nnc2n1-c1ccccc1C(=O)N(C)CC(=O)N[C@@H](C)C(=O)N[C@@H](Cc1ccccc1)C(=O)NC2. The molecule has 0 radical (unpaired) electrons. The Morgan fingerprint density at radius 3 is 2.38 bits per heavy atom. The summed E-state index contributed by atoms with van der Waals surface area (Å²) >= 11 is 0. The Hall–Kier alpha value is -4.54. The largest absolute Gasteiger partial charge is 0.347 e. The Bertz CT molecular complexity index is 1320. The maximum absolute atomic E-state index is 13.3. The van der Waals surface area contributed by atoms with Crippen LogP contribution in [0.3, 0.4) is 0 Å². The number of nitrogens with zero attached hydrogens (tertiary/aromatic N) is 4. The Morgan fingerprint density at radius 2 is 1.62 bits per heavy atom. The lowest BCUT2D eigenvalue weighted by atomic mass is 10.0. The molecule has 3 N–H and O–H groups in total. The number of benzene rings is 2. The van der Waals surface area contributed by atoms with Crippen LogP contribution < -0.4 is 16.0 Å². The van der Waals surface area contributed by atoms with Gasteiger partial charge in [0.1, 0.15) is 17.9 Å². The molecule has 1 aliphatic rings. The van der Waals surface area contributed by atoms with Crippen molar-refractivity contribution in [3.63, 3.8) is 0 Å². The molecule has 3 aromatic rings. The van der Waals surface area contributed by atoms with Gasteiger partial charge in [-0.05, 0) is 31.5 Å². The van der Waals surface area contributed by atoms with Gasteiger partial charge in [0.2, 0.25) is 17.7 Å². The summed E-state index contributed by atoms with van der Waals surface area (Å²) in [5, 5.41) is 16.5. The number of amides is 4. The van der Waals surface area contributed by atoms with E-state index in [1.165, 1.54) is 18.9 Å². The third-order valence-electron chi connectivity index (χ3n) is 6.10. The fourth-order valence-electron chi connectivity index (χ4n) is 4.17. The van der Waals surface area contributed by atoms with Crippen LogP contribution in [-0.4, -0.2) is 69.0 Å². The van der Waals surface area contributed by atoms with E-state index in [0.29, 0.717) is 22.9 Å². The molecular weight excluding hydrogens is 474 g/mol. The van der Waals surface area contributed by atoms with E-state index in [2.05, 4.69) is 26.1 Å². The minimum Gasteiger partial charge on any atom is -0.347 e. The van der Waals surface area contributed by atoms with Gasteiger partial charge >= 0.3 is 0 Å². The van der Waals surface area contributed by atoms with Crippen LogP contribution >= 0.6 is 0 Å². The smallest absolute Gasteiger partial charge is 0.256 e. The zero-order chi connectivity index (χ0) is 26.5. The topological polar surface area (TPSA) is 138 Å². The maximum atomic E-state index is 13.3. The van der Waals surface area contributed by atoms with Crippen LogP contribution in [0.1, 0.15) is 34.5 Å². The maximum Gasteiger partial charge on any atom is 0.256 e. The number of carbonyl (C=O) groups is 4. The normalized spacial score (nSPS) is 19.4. The van der Waals surface area contributed by atoms with Gasteiger partial charge in [0.05, 0.1) is 24.3 Å². The first-order chi connectivity index (χ1) is 17.7. The number of para-hydroxylation sites is 1. The van der Waals surface area contributed by atoms with Crippen LogP contribution in [0.15, 0.2) is 54.6 Å². The monoisotopic (exact) mass is 503 g/mol. The van der Waals surface area contributed by atoms with E-state index in [-0.39, 0.29) is 25.4 Å². The molecule has 2 aromatic carbocycles. The molecule has 4 rings (SSSR count). The molecule has 37 heavy (non-hydrogen) atoms. The number of fused-ring (bicyclic) bond motifs is 3. The van der Waals surface area contributed by atoms with Gasteiger partial charge in [0.15, 0.2) is 5.82 Å². The zero-order valence-electron chi connectivity index (χ0n) is 20.9. The first kappa shape index (κ1) is 25.5. The summed E-state index contributed by atoms with van der Waals surface area (Å²) in [7, 11) is 1.52. The van der Waals surface area contributed by atoms with Gasteiger partial charge in [-0.1, -0.05) is 42.5 Å². The van der Waals surface area contributed by atoms with Crippen molar-refractivity contribution in [3.8, 4) is 5.69 Å². The first-order valence-corrected chi connectivity index (χ1v) is 11.9. The summed E-state index contributed by atoms with van der Waals surface area (Å²) in [4.78, 5) is 53.4. The van der Waals surface area contributed by atoms with E-state index in [9.17, 15) is 19.2 Å². The molecule has 4 amide bonds. The second-order valence-electron chi connectivity index (χ2n) is 8.94. The minimum absolute atomic E-state index is 0.0193. The Kier molecular flexibility index (Phi) is 7.61. The van der Waals surface area contributed by atoms with E-state index in [4.69, 9.17) is 0 Å². The molecule has 0 saturated heterocycles. The third kappa shape index (κ3) is 5.83. The summed E-state index contributed by atoms with van der Waals surface area (Å²) < 4.78 is 1.69. The number of aryl methyl sites for hydroxylation is 1. The van der Waals surface area contributed by atoms with Crippen molar-refractivity contribution in [1.82, 2.24) is 35.6 Å². The standard InChI is InChI=1S/C26H29N7O4/c1-16-24(35)29-20(13-18-9-5-4-6-10-18)25(36)27-14-22-31-30-17(2)33(22)21-12-8-7-11-19(21)26(37)32(3)15-23(34)28-16/h4-12,16,20H,13-15H2,1-3H3,(H,27,36)(H,28,34)(H,29,35)/t16-,20-/m0/s1. The minimum atomic E-state index is -0.923. The van der Waals surface area contributed by atoms with E-state index >= 15 is 0 Å². The number of rotatable bonds is 2. The van der Waals surface area contributed by atoms with Crippen LogP contribution in [-0.2, 0) is 27.3 Å². The fourth-order valence-corrected chi connectivity index (χ4v) is 4.17. The molecule has 2 atom stereocenters. The van der Waals surface area contributed by atoms with Crippen molar-refractivity contribution in [3.05, 3.63) is 77.4 Å². The Morgan fingerprint density at radius 1 is 0.919 bits per heavy atom. The van der Waals surface area contributed by atoms with Crippen LogP contribution in [0.25, 0.3) is 5.69 Å². The molecule has 11 nitrogen and oxygen atoms in total. The van der Waals surface area contributed by atoms with E-state index in [1.54, 1.807) is 35.8 Å². The summed E-state index contributed by atoms with van der Waals surface area (Å²) in [5.41, 5.74) is 1.73. The van der Waals surface area contributed by atoms with Crippen LogP contribution in [0, 0.1) is 6.92 Å². The van der Waals surface area contributed by atoms with Crippen LogP contribution in [0.4, 0.5) is 0 Å². The molecule has 0 saturated carbocycles. The highest BCUT2D eigenvalue weighted by atomic mass is 16.2. The lowest BCUT2D eigenvalue weighted by Gasteiger charge is -2.24. The highest BCUT2D eigenvalue weighted by molar-refractivity contribution is 6.00. The molecule has 0 unspecified atom stereocenters. The number of likely N-dealkylation sites (N-methyl/N-ethyl adjacent to an activating group) is 1. The zero-order valence-corrected chi connectivity index (χ0v) is 20.9. The van der Waals surface area contributed by atoms with Gasteiger partial charge < -0.3 is 20.9 Å². The molecular formula is C26H29N7O4. The highest BCUT2D eigenvalue weighted by Gasteiger charge is 2.27. The van der Waals surface area contributed by atoms with E-state index in [0.717, 1.165) is 5.56 Å². The van der Waals surface area contributed by atoms with Crippen molar-refractivity contribution in [1.29, 1.82) is 0 Å². The quantitative estimate of drug-likeness (QED) is 0.466. The summed E-state index contributed by atoms with van der Waals surface area (Å²) in [6.45, 7) is 3.03. The fraction of sp³-hybridized carbons (Fsp3) is 0.308. The van der Waals surface area contributed by atoms with Gasteiger partial charge in [-0.2, -0.15) is 0 Å². The molecule has 11 heteroatoms. The Labute approximate surface area is 214 Å². The van der Waals surface area contributed by atoms with Gasteiger partial charge in [0.25, 0.3) is 5.91 Å². The Balaban J connectivity index is 1.72. The lowest BCUT2D eigenvalue weighted by molar-refractivity contribution is -0.131. The van der Waals surface area contributed by atoms with Crippen molar-refractivity contribution >= 4 is 23.6 Å². The molecule has 192 valence electrons. The number of hydrogen-bond acceptors (Lipinski definition) is 6. The molecule has 1 aliphatic heterocycles. The average molecular weight is 504 g/mol. The van der Waals surface area contributed by atoms with Crippen molar-refractivity contribution < 1.29 is 19.2 Å². The van der Waals surface area contributed by atoms with Gasteiger partial charge in [-0.15, -0.1) is 10.2 Å². The number of hydrogen-bond donors (Lipinski definition) is 3. The number of aromatic nitrogens is 3. The van der Waals surface area contributed by atoms with E-state index in [1.807, 2.05) is 30.3 Å². The third-order valence-corrected chi connectivity index (χ3v) is 6.10. The van der Waals surface area contributed by atoms with Gasteiger partial charge in [0, 0.05) is 13.5 Å². The molecule has 0 bridgehead atoms. The average Bonchev–Trinajstić information content (AvgIpc) is 3.26. The van der Waals surface area contributed by atoms with Crippen LogP contribution in [0.5, 0.6) is 0 Å². The van der Waals surface area contributed by atoms with Crippen LogP contribution in [0.2, 0.25) is 0 Å². The molecule has 1 aromatic heterocycles. The predicted molar refractivity (Wildman–Crippen MR) is 135 cm³/mol. The molecule has 0 aliphatic carbocycles. The predicted octanol–water partition coefficient (Wildman–Crippen LogP) is 0.510. The van der Waals surface area contributed by atoms with E-state index < -0.39 is 29.8 Å². The molecule has 2 heterocycles. The number of carbonyl (C=O) groups excluding carboxylic acids is 4. The highest BCUT2D eigenvalue weighted by Crippen LogP contribution is 2.20. The van der Waals surface area contributed by atoms with Crippen molar-refractivity contribution in [2.45, 2.75) is 38.9 Å². The van der Waals surface area contributed by atoms with Gasteiger partial charge in [-0.3, -0.25) is 23.7 Å². The second kappa shape index (κ2) is 11.0. The molecule has 0 spiro atoms. The lowest BCUT2D eigenvalue weighted by Crippen LogP contribution is -2.54. The second-order valence-corrected chi connectivity index (χ2v) is 8.94. The van der Waals surface area contributed by atoms with Gasteiger partial charge in [-0.25, -0.2) is 0 Å². The first-order valence-electron chi connectivity index (χ1n) is 11.9. The van der Waals surface area contributed by atoms with Crippen molar-refractivity contribution in [2.75, 3.05) is 13.6 Å². The summed E-state index contributed by atoms with van der Waals surface area (Å²) in [6.07, 6.45) is 0.255. The summed E-state index contributed by atoms with van der Waals surface area (Å²) in [6, 6.07) is 14.4. The summed E-state index contributed by atoms with van der Waals surface area (Å²) in [5.74, 6) is -0.894. The van der Waals surface area contributed by atoms with Crippen molar-refractivity contribution in [2.24, 2.45) is 0 Å². The molecule has 0 fully saturated rings.